The molecule has 1 saturated heterocycles. The molecule has 2 N–H and O–H groups in total. The summed E-state index contributed by atoms with van der Waals surface area (Å²) >= 11 is 0. The van der Waals surface area contributed by atoms with Crippen molar-refractivity contribution in [3.63, 3.8) is 0 Å². The maximum atomic E-state index is 5.29. The summed E-state index contributed by atoms with van der Waals surface area (Å²) in [6, 6.07) is 4.23. The van der Waals surface area contributed by atoms with Gasteiger partial charge in [-0.25, -0.2) is 4.98 Å². The Kier molecular flexibility index (Phi) is 9.93. The van der Waals surface area contributed by atoms with Gasteiger partial charge < -0.3 is 20.3 Å². The third-order valence-corrected chi connectivity index (χ3v) is 3.67. The van der Waals surface area contributed by atoms with E-state index in [2.05, 4.69) is 37.6 Å². The van der Waals surface area contributed by atoms with Crippen molar-refractivity contribution in [2.24, 2.45) is 4.99 Å². The molecule has 1 aromatic heterocycles. The van der Waals surface area contributed by atoms with Crippen LogP contribution in [0.4, 0.5) is 5.82 Å². The zero-order valence-electron chi connectivity index (χ0n) is 14.0. The lowest BCUT2D eigenvalue weighted by molar-refractivity contribution is 0.152. The number of aromatic nitrogens is 1. The Balaban J connectivity index is 0.00000264. The molecule has 2 rings (SSSR count). The summed E-state index contributed by atoms with van der Waals surface area (Å²) in [4.78, 5) is 11.1. The van der Waals surface area contributed by atoms with Crippen LogP contribution in [0.1, 0.15) is 25.3 Å². The Bertz CT molecular complexity index is 460. The number of halogens is 1. The number of guanidine groups is 1. The quantitative estimate of drug-likeness (QED) is 0.298. The van der Waals surface area contributed by atoms with Gasteiger partial charge in [-0.3, -0.25) is 4.99 Å². The van der Waals surface area contributed by atoms with Gasteiger partial charge >= 0.3 is 0 Å². The van der Waals surface area contributed by atoms with Crippen LogP contribution in [0.25, 0.3) is 0 Å². The lowest BCUT2D eigenvalue weighted by Gasteiger charge is -2.16. The molecule has 0 atom stereocenters. The second kappa shape index (κ2) is 11.4. The van der Waals surface area contributed by atoms with Crippen molar-refractivity contribution in [3.8, 4) is 0 Å². The van der Waals surface area contributed by atoms with E-state index in [-0.39, 0.29) is 24.0 Å². The van der Waals surface area contributed by atoms with E-state index >= 15 is 0 Å². The molecule has 6 nitrogen and oxygen atoms in total. The Morgan fingerprint density at radius 1 is 1.30 bits per heavy atom. The lowest BCUT2D eigenvalue weighted by Crippen LogP contribution is -2.38. The molecular weight excluding hydrogens is 405 g/mol. The van der Waals surface area contributed by atoms with Crippen LogP contribution in [0, 0.1) is 0 Å². The summed E-state index contributed by atoms with van der Waals surface area (Å²) in [7, 11) is 1.77. The highest BCUT2D eigenvalue weighted by atomic mass is 127. The Hall–Kier alpha value is -1.09. The fourth-order valence-electron chi connectivity index (χ4n) is 2.45. The molecule has 0 unspecified atom stereocenters. The molecule has 1 aliphatic heterocycles. The highest BCUT2D eigenvalue weighted by molar-refractivity contribution is 14.0. The van der Waals surface area contributed by atoms with Gasteiger partial charge in [0.15, 0.2) is 5.96 Å². The van der Waals surface area contributed by atoms with Crippen molar-refractivity contribution in [2.75, 3.05) is 44.8 Å². The number of hydrogen-bond donors (Lipinski definition) is 2. The van der Waals surface area contributed by atoms with Crippen molar-refractivity contribution < 1.29 is 4.74 Å². The molecule has 0 bridgehead atoms. The van der Waals surface area contributed by atoms with E-state index < -0.39 is 0 Å². The SMILES string of the molecule is CCOCCNC(=NC)NCc1ccc(N2CCCC2)nc1.I. The Morgan fingerprint density at radius 2 is 2.09 bits per heavy atom. The lowest BCUT2D eigenvalue weighted by atomic mass is 10.3. The zero-order valence-corrected chi connectivity index (χ0v) is 16.4. The smallest absolute Gasteiger partial charge is 0.191 e. The van der Waals surface area contributed by atoms with Crippen LogP contribution in [0.3, 0.4) is 0 Å². The number of pyridine rings is 1. The fraction of sp³-hybridized carbons (Fsp3) is 0.625. The van der Waals surface area contributed by atoms with Gasteiger partial charge in [0.2, 0.25) is 0 Å². The number of nitrogens with zero attached hydrogens (tertiary/aromatic N) is 3. The Morgan fingerprint density at radius 3 is 2.70 bits per heavy atom. The van der Waals surface area contributed by atoms with Gasteiger partial charge in [0.25, 0.3) is 0 Å². The van der Waals surface area contributed by atoms with Gasteiger partial charge in [-0.2, -0.15) is 0 Å². The summed E-state index contributed by atoms with van der Waals surface area (Å²) in [5, 5.41) is 6.50. The predicted octanol–water partition coefficient (Wildman–Crippen LogP) is 2.00. The molecular formula is C16H28IN5O. The maximum absolute atomic E-state index is 5.29. The summed E-state index contributed by atoms with van der Waals surface area (Å²) < 4.78 is 5.29. The highest BCUT2D eigenvalue weighted by Crippen LogP contribution is 2.17. The van der Waals surface area contributed by atoms with Gasteiger partial charge in [-0.05, 0) is 31.4 Å². The number of anilines is 1. The second-order valence-electron chi connectivity index (χ2n) is 5.27. The molecule has 0 saturated carbocycles. The topological polar surface area (TPSA) is 61.8 Å². The van der Waals surface area contributed by atoms with Gasteiger partial charge in [-0.1, -0.05) is 6.07 Å². The molecule has 130 valence electrons. The first-order valence-electron chi connectivity index (χ1n) is 8.05. The van der Waals surface area contributed by atoms with Gasteiger partial charge in [0, 0.05) is 46.0 Å². The van der Waals surface area contributed by atoms with Crippen LogP contribution in [0.5, 0.6) is 0 Å². The molecule has 0 radical (unpaired) electrons. The van der Waals surface area contributed by atoms with Crippen molar-refractivity contribution in [3.05, 3.63) is 23.9 Å². The molecule has 1 aliphatic rings. The summed E-state index contributed by atoms with van der Waals surface area (Å²) in [5.74, 6) is 1.86. The molecule has 0 spiro atoms. The van der Waals surface area contributed by atoms with E-state index in [0.717, 1.165) is 43.6 Å². The average molecular weight is 433 g/mol. The van der Waals surface area contributed by atoms with Crippen molar-refractivity contribution in [1.82, 2.24) is 15.6 Å². The first kappa shape index (κ1) is 20.0. The molecule has 7 heteroatoms. The zero-order chi connectivity index (χ0) is 15.6. The van der Waals surface area contributed by atoms with Crippen LogP contribution in [0.2, 0.25) is 0 Å². The van der Waals surface area contributed by atoms with E-state index in [0.29, 0.717) is 13.2 Å². The molecule has 1 aromatic rings. The summed E-state index contributed by atoms with van der Waals surface area (Å²) in [5.41, 5.74) is 1.15. The van der Waals surface area contributed by atoms with Crippen molar-refractivity contribution in [2.45, 2.75) is 26.3 Å². The minimum Gasteiger partial charge on any atom is -0.380 e. The first-order chi connectivity index (χ1) is 10.8. The number of aliphatic imine (C=N–C) groups is 1. The van der Waals surface area contributed by atoms with Crippen LogP contribution >= 0.6 is 24.0 Å². The van der Waals surface area contributed by atoms with Crippen LogP contribution in [-0.4, -0.2) is 50.8 Å². The minimum atomic E-state index is 0. The normalized spacial score (nSPS) is 14.5. The molecule has 23 heavy (non-hydrogen) atoms. The van der Waals surface area contributed by atoms with Gasteiger partial charge in [-0.15, -0.1) is 24.0 Å². The van der Waals surface area contributed by atoms with E-state index in [4.69, 9.17) is 4.74 Å². The standard InChI is InChI=1S/C16H27N5O.HI/c1-3-22-11-8-18-16(17-2)20-13-14-6-7-15(19-12-14)21-9-4-5-10-21;/h6-7,12H,3-5,8-11,13H2,1-2H3,(H2,17,18,20);1H. The van der Waals surface area contributed by atoms with E-state index in [9.17, 15) is 0 Å². The van der Waals surface area contributed by atoms with Crippen LogP contribution in [0.15, 0.2) is 23.3 Å². The third kappa shape index (κ3) is 6.90. The largest absolute Gasteiger partial charge is 0.380 e. The third-order valence-electron chi connectivity index (χ3n) is 3.67. The Labute approximate surface area is 156 Å². The van der Waals surface area contributed by atoms with E-state index in [1.165, 1.54) is 12.8 Å². The molecule has 2 heterocycles. The molecule has 0 aromatic carbocycles. The molecule has 0 amide bonds. The van der Waals surface area contributed by atoms with Gasteiger partial charge in [0.1, 0.15) is 5.82 Å². The number of rotatable bonds is 7. The van der Waals surface area contributed by atoms with E-state index in [1.54, 1.807) is 7.05 Å². The summed E-state index contributed by atoms with van der Waals surface area (Å²) in [6.07, 6.45) is 4.48. The number of ether oxygens (including phenoxy) is 1. The number of hydrogen-bond acceptors (Lipinski definition) is 4. The number of nitrogens with one attached hydrogen (secondary N) is 2. The van der Waals surface area contributed by atoms with Crippen molar-refractivity contribution in [1.29, 1.82) is 0 Å². The van der Waals surface area contributed by atoms with Gasteiger partial charge in [0.05, 0.1) is 6.61 Å². The highest BCUT2D eigenvalue weighted by Gasteiger charge is 2.12. The fourth-order valence-corrected chi connectivity index (χ4v) is 2.45. The predicted molar refractivity (Wildman–Crippen MR) is 106 cm³/mol. The van der Waals surface area contributed by atoms with Crippen molar-refractivity contribution >= 4 is 35.8 Å². The molecule has 0 aliphatic carbocycles. The average Bonchev–Trinajstić information content (AvgIpc) is 3.09. The summed E-state index contributed by atoms with van der Waals surface area (Å²) in [6.45, 7) is 7.13. The molecule has 1 fully saturated rings. The van der Waals surface area contributed by atoms with E-state index in [1.807, 2.05) is 13.1 Å². The van der Waals surface area contributed by atoms with Crippen LogP contribution < -0.4 is 15.5 Å². The monoisotopic (exact) mass is 433 g/mol. The first-order valence-corrected chi connectivity index (χ1v) is 8.05. The maximum Gasteiger partial charge on any atom is 0.191 e. The minimum absolute atomic E-state index is 0. The second-order valence-corrected chi connectivity index (χ2v) is 5.27. The van der Waals surface area contributed by atoms with Crippen LogP contribution in [-0.2, 0) is 11.3 Å².